The summed E-state index contributed by atoms with van der Waals surface area (Å²) in [5.41, 5.74) is 0. The summed E-state index contributed by atoms with van der Waals surface area (Å²) in [5.74, 6) is -1.09. The molecule has 78 valence electrons. The molecule has 0 amide bonds. The number of aromatic hydroxyl groups is 1. The van der Waals surface area contributed by atoms with E-state index in [0.29, 0.717) is 0 Å². The zero-order chi connectivity index (χ0) is 11.5. The molecule has 1 N–H and O–H groups in total. The number of methoxy groups -OCH3 is 1. The molecule has 0 unspecified atom stereocenters. The zero-order valence-corrected chi connectivity index (χ0v) is 6.84. The molecule has 0 saturated heterocycles. The highest BCUT2D eigenvalue weighted by Crippen LogP contribution is 2.32. The SMILES string of the molecule is [2H]COc1cc(OC(F)(F)F)ccc1O. The lowest BCUT2D eigenvalue weighted by Crippen LogP contribution is -2.17. The van der Waals surface area contributed by atoms with Gasteiger partial charge in [0.05, 0.1) is 8.46 Å². The van der Waals surface area contributed by atoms with Crippen LogP contribution >= 0.6 is 0 Å². The molecule has 0 bridgehead atoms. The average Bonchev–Trinajstić information content (AvgIpc) is 2.09. The van der Waals surface area contributed by atoms with Crippen LogP contribution < -0.4 is 9.47 Å². The molecular formula is C8H7F3O3. The Morgan fingerprint density at radius 2 is 2.14 bits per heavy atom. The number of rotatable bonds is 2. The van der Waals surface area contributed by atoms with Gasteiger partial charge in [-0.15, -0.1) is 13.2 Å². The Hall–Kier alpha value is -1.59. The highest BCUT2D eigenvalue weighted by Gasteiger charge is 2.31. The van der Waals surface area contributed by atoms with Gasteiger partial charge in [-0.3, -0.25) is 0 Å². The maximum absolute atomic E-state index is 11.8. The van der Waals surface area contributed by atoms with Crippen molar-refractivity contribution >= 4 is 0 Å². The number of phenols is 1. The highest BCUT2D eigenvalue weighted by atomic mass is 19.4. The van der Waals surface area contributed by atoms with E-state index < -0.39 is 19.2 Å². The van der Waals surface area contributed by atoms with E-state index in [1.165, 1.54) is 0 Å². The quantitative estimate of drug-likeness (QED) is 0.812. The Labute approximate surface area is 79.1 Å². The van der Waals surface area contributed by atoms with Crippen LogP contribution in [0.3, 0.4) is 0 Å². The highest BCUT2D eigenvalue weighted by molar-refractivity contribution is 5.44. The molecule has 0 spiro atoms. The molecule has 0 aromatic heterocycles. The summed E-state index contributed by atoms with van der Waals surface area (Å²) in [6.45, 7) is 0. The van der Waals surface area contributed by atoms with Crippen molar-refractivity contribution in [1.82, 2.24) is 0 Å². The van der Waals surface area contributed by atoms with Crippen LogP contribution in [0.5, 0.6) is 17.2 Å². The molecule has 0 radical (unpaired) electrons. The Morgan fingerprint density at radius 3 is 2.71 bits per heavy atom. The third kappa shape index (κ3) is 2.72. The van der Waals surface area contributed by atoms with Crippen LogP contribution in [0.4, 0.5) is 13.2 Å². The molecule has 1 aromatic rings. The number of alkyl halides is 3. The minimum atomic E-state index is -4.80. The molecule has 0 atom stereocenters. The lowest BCUT2D eigenvalue weighted by molar-refractivity contribution is -0.274. The van der Waals surface area contributed by atoms with Gasteiger partial charge in [-0.2, -0.15) is 0 Å². The van der Waals surface area contributed by atoms with Crippen LogP contribution in [-0.2, 0) is 0 Å². The summed E-state index contributed by atoms with van der Waals surface area (Å²) >= 11 is 0. The smallest absolute Gasteiger partial charge is 0.504 e. The molecule has 0 saturated carbocycles. The van der Waals surface area contributed by atoms with Gasteiger partial charge in [-0.25, -0.2) is 0 Å². The predicted molar refractivity (Wildman–Crippen MR) is 41.3 cm³/mol. The van der Waals surface area contributed by atoms with E-state index in [2.05, 4.69) is 9.47 Å². The minimum absolute atomic E-state index is 0.230. The molecule has 6 heteroatoms. The van der Waals surface area contributed by atoms with E-state index in [9.17, 15) is 13.2 Å². The van der Waals surface area contributed by atoms with Gasteiger partial charge in [-0.05, 0) is 12.1 Å². The van der Waals surface area contributed by atoms with Gasteiger partial charge in [0, 0.05) is 6.07 Å². The molecule has 0 fully saturated rings. The lowest BCUT2D eigenvalue weighted by atomic mass is 10.3. The third-order valence-corrected chi connectivity index (χ3v) is 1.32. The number of benzene rings is 1. The molecule has 0 aliphatic heterocycles. The summed E-state index contributed by atoms with van der Waals surface area (Å²) in [4.78, 5) is 0. The fraction of sp³-hybridized carbons (Fsp3) is 0.250. The number of ether oxygens (including phenoxy) is 2. The Kier molecular flexibility index (Phi) is 2.34. The van der Waals surface area contributed by atoms with E-state index >= 15 is 0 Å². The number of phenolic OH excluding ortho intramolecular Hbond substituents is 1. The van der Waals surface area contributed by atoms with Crippen molar-refractivity contribution < 1.29 is 29.1 Å². The van der Waals surface area contributed by atoms with Crippen LogP contribution in [0.15, 0.2) is 18.2 Å². The van der Waals surface area contributed by atoms with Crippen molar-refractivity contribution in [2.75, 3.05) is 7.09 Å². The molecule has 14 heavy (non-hydrogen) atoms. The van der Waals surface area contributed by atoms with Crippen LogP contribution in [0.25, 0.3) is 0 Å². The first-order valence-corrected chi connectivity index (χ1v) is 3.43. The van der Waals surface area contributed by atoms with E-state index in [4.69, 9.17) is 6.48 Å². The molecule has 0 aliphatic carbocycles. The maximum atomic E-state index is 11.8. The van der Waals surface area contributed by atoms with Crippen molar-refractivity contribution in [3.63, 3.8) is 0 Å². The van der Waals surface area contributed by atoms with Crippen molar-refractivity contribution in [3.8, 4) is 17.2 Å². The lowest BCUT2D eigenvalue weighted by Gasteiger charge is -2.10. The minimum Gasteiger partial charge on any atom is -0.504 e. The zero-order valence-electron chi connectivity index (χ0n) is 7.84. The molecule has 1 aromatic carbocycles. The van der Waals surface area contributed by atoms with E-state index in [1.807, 2.05) is 0 Å². The first-order valence-electron chi connectivity index (χ1n) is 4.14. The molecule has 1 rings (SSSR count). The number of hydrogen-bond donors (Lipinski definition) is 1. The van der Waals surface area contributed by atoms with Crippen LogP contribution in [0.1, 0.15) is 1.37 Å². The topological polar surface area (TPSA) is 38.7 Å². The summed E-state index contributed by atoms with van der Waals surface area (Å²) in [6.07, 6.45) is -4.80. The molecular weight excluding hydrogens is 201 g/mol. The Bertz CT molecular complexity index is 340. The largest absolute Gasteiger partial charge is 0.573 e. The second-order valence-corrected chi connectivity index (χ2v) is 2.32. The molecule has 0 heterocycles. The van der Waals surface area contributed by atoms with Crippen molar-refractivity contribution in [1.29, 1.82) is 0 Å². The fourth-order valence-corrected chi connectivity index (χ4v) is 0.807. The third-order valence-electron chi connectivity index (χ3n) is 1.32. The van der Waals surface area contributed by atoms with Gasteiger partial charge in [0.2, 0.25) is 0 Å². The number of halogens is 3. The van der Waals surface area contributed by atoms with Gasteiger partial charge in [0.15, 0.2) is 11.5 Å². The first-order chi connectivity index (χ1) is 6.92. The summed E-state index contributed by atoms with van der Waals surface area (Å²) in [6, 6.07) is 2.79. The summed E-state index contributed by atoms with van der Waals surface area (Å²) < 4.78 is 50.2. The van der Waals surface area contributed by atoms with E-state index in [1.54, 1.807) is 0 Å². The van der Waals surface area contributed by atoms with E-state index in [0.717, 1.165) is 18.2 Å². The van der Waals surface area contributed by atoms with Crippen molar-refractivity contribution in [3.05, 3.63) is 18.2 Å². The summed E-state index contributed by atoms with van der Waals surface area (Å²) in [5, 5.41) is 9.12. The fourth-order valence-electron chi connectivity index (χ4n) is 0.807. The van der Waals surface area contributed by atoms with Gasteiger partial charge in [0.1, 0.15) is 5.75 Å². The molecule has 0 aliphatic rings. The normalized spacial score (nSPS) is 12.1. The van der Waals surface area contributed by atoms with Gasteiger partial charge < -0.3 is 14.6 Å². The van der Waals surface area contributed by atoms with Gasteiger partial charge in [0.25, 0.3) is 0 Å². The second-order valence-electron chi connectivity index (χ2n) is 2.32. The van der Waals surface area contributed by atoms with Crippen LogP contribution in [0.2, 0.25) is 0 Å². The van der Waals surface area contributed by atoms with Crippen molar-refractivity contribution in [2.45, 2.75) is 6.36 Å². The standard InChI is InChI=1S/C8H7F3O3/c1-13-7-4-5(2-3-6(7)12)14-8(9,10)11/h2-4,12H,1H3/i1D. The van der Waals surface area contributed by atoms with Gasteiger partial charge in [-0.1, -0.05) is 0 Å². The van der Waals surface area contributed by atoms with Crippen LogP contribution in [-0.4, -0.2) is 18.6 Å². The monoisotopic (exact) mass is 209 g/mol. The second kappa shape index (κ2) is 3.65. The Morgan fingerprint density at radius 1 is 1.43 bits per heavy atom. The maximum Gasteiger partial charge on any atom is 0.573 e. The van der Waals surface area contributed by atoms with Crippen LogP contribution in [0, 0.1) is 0 Å². The first kappa shape index (κ1) is 8.98. The number of hydrogen-bond acceptors (Lipinski definition) is 3. The predicted octanol–water partition coefficient (Wildman–Crippen LogP) is 2.30. The Balaban J connectivity index is 2.87. The average molecular weight is 209 g/mol. The van der Waals surface area contributed by atoms with Gasteiger partial charge >= 0.3 is 6.36 Å². The molecule has 3 nitrogen and oxygen atoms in total. The van der Waals surface area contributed by atoms with Crippen molar-refractivity contribution in [2.24, 2.45) is 0 Å². The summed E-state index contributed by atoms with van der Waals surface area (Å²) in [7, 11) is -0.511. The van der Waals surface area contributed by atoms with E-state index in [-0.39, 0.29) is 11.5 Å².